The smallest absolute Gasteiger partial charge is 0.104 e. The van der Waals surface area contributed by atoms with Gasteiger partial charge in [-0.3, -0.25) is 0 Å². The van der Waals surface area contributed by atoms with Crippen molar-refractivity contribution in [3.63, 3.8) is 0 Å². The summed E-state index contributed by atoms with van der Waals surface area (Å²) in [5, 5.41) is 0. The van der Waals surface area contributed by atoms with Gasteiger partial charge in [0.1, 0.15) is 6.10 Å². The van der Waals surface area contributed by atoms with E-state index in [-0.39, 0.29) is 6.10 Å². The summed E-state index contributed by atoms with van der Waals surface area (Å²) in [6, 6.07) is 0. The maximum atomic E-state index is 11.2. The van der Waals surface area contributed by atoms with Crippen molar-refractivity contribution in [2.24, 2.45) is 0 Å². The lowest BCUT2D eigenvalue weighted by atomic mass is 10.5. The van der Waals surface area contributed by atoms with Crippen LogP contribution in [0.4, 0.5) is 4.39 Å². The van der Waals surface area contributed by atoms with Crippen LogP contribution in [0.5, 0.6) is 0 Å². The molecule has 0 amide bonds. The molecule has 1 atom stereocenters. The van der Waals surface area contributed by atoms with E-state index >= 15 is 0 Å². The van der Waals surface area contributed by atoms with E-state index in [1.165, 1.54) is 6.08 Å². The first-order valence-electron chi connectivity index (χ1n) is 2.88. The van der Waals surface area contributed by atoms with Crippen LogP contribution in [0.1, 0.15) is 0 Å². The van der Waals surface area contributed by atoms with Gasteiger partial charge in [0.15, 0.2) is 0 Å². The zero-order valence-corrected chi connectivity index (χ0v) is 5.05. The molecule has 0 bridgehead atoms. The molecule has 0 N–H and O–H groups in total. The molecule has 1 rings (SSSR count). The maximum Gasteiger partial charge on any atom is 0.104 e. The first-order valence-corrected chi connectivity index (χ1v) is 2.88. The van der Waals surface area contributed by atoms with Crippen LogP contribution in [0.3, 0.4) is 0 Å². The molecule has 2 nitrogen and oxygen atoms in total. The van der Waals surface area contributed by atoms with Gasteiger partial charge >= 0.3 is 0 Å². The molecule has 0 radical (unpaired) electrons. The van der Waals surface area contributed by atoms with Crippen molar-refractivity contribution in [2.75, 3.05) is 19.8 Å². The van der Waals surface area contributed by atoms with E-state index in [1.807, 2.05) is 0 Å². The van der Waals surface area contributed by atoms with E-state index in [0.717, 1.165) is 6.61 Å². The van der Waals surface area contributed by atoms with Gasteiger partial charge in [0.05, 0.1) is 26.2 Å². The van der Waals surface area contributed by atoms with Crippen molar-refractivity contribution in [2.45, 2.75) is 6.10 Å². The van der Waals surface area contributed by atoms with Crippen LogP contribution < -0.4 is 0 Å². The van der Waals surface area contributed by atoms with Gasteiger partial charge in [-0.1, -0.05) is 0 Å². The number of rotatable bonds is 4. The quantitative estimate of drug-likeness (QED) is 0.418. The highest BCUT2D eigenvalue weighted by Gasteiger charge is 2.21. The van der Waals surface area contributed by atoms with Crippen molar-refractivity contribution in [1.29, 1.82) is 0 Å². The second kappa shape index (κ2) is 3.58. The van der Waals surface area contributed by atoms with Crippen LogP contribution in [0.25, 0.3) is 0 Å². The summed E-state index contributed by atoms with van der Waals surface area (Å²) in [7, 11) is 0. The molecule has 0 aromatic rings. The van der Waals surface area contributed by atoms with Crippen molar-refractivity contribution in [3.05, 3.63) is 12.4 Å². The molecule has 1 saturated heterocycles. The molecule has 0 aromatic carbocycles. The van der Waals surface area contributed by atoms with Crippen molar-refractivity contribution in [3.8, 4) is 0 Å². The SMILES string of the molecule is FC=CCOCC1CO1. The molecule has 0 aromatic heterocycles. The van der Waals surface area contributed by atoms with E-state index in [2.05, 4.69) is 0 Å². The summed E-state index contributed by atoms with van der Waals surface area (Å²) < 4.78 is 21.0. The third-order valence-electron chi connectivity index (χ3n) is 1.01. The third kappa shape index (κ3) is 3.21. The van der Waals surface area contributed by atoms with Gasteiger partial charge in [0.2, 0.25) is 0 Å². The van der Waals surface area contributed by atoms with E-state index in [9.17, 15) is 4.39 Å². The van der Waals surface area contributed by atoms with Crippen LogP contribution in [0.15, 0.2) is 12.4 Å². The van der Waals surface area contributed by atoms with Gasteiger partial charge in [-0.25, -0.2) is 4.39 Å². The van der Waals surface area contributed by atoms with Gasteiger partial charge in [0, 0.05) is 0 Å². The summed E-state index contributed by atoms with van der Waals surface area (Å²) in [6.45, 7) is 1.72. The Labute approximate surface area is 53.3 Å². The van der Waals surface area contributed by atoms with E-state index < -0.39 is 0 Å². The molecule has 0 spiro atoms. The van der Waals surface area contributed by atoms with Crippen LogP contribution in [0.2, 0.25) is 0 Å². The molecule has 1 heterocycles. The zero-order chi connectivity index (χ0) is 6.53. The van der Waals surface area contributed by atoms with Crippen molar-refractivity contribution in [1.82, 2.24) is 0 Å². The number of hydrogen-bond acceptors (Lipinski definition) is 2. The summed E-state index contributed by atoms with van der Waals surface area (Å²) in [6.07, 6.45) is 2.08. The van der Waals surface area contributed by atoms with Crippen molar-refractivity contribution >= 4 is 0 Å². The summed E-state index contributed by atoms with van der Waals surface area (Å²) in [4.78, 5) is 0. The number of hydrogen-bond donors (Lipinski definition) is 0. The number of epoxide rings is 1. The lowest BCUT2D eigenvalue weighted by molar-refractivity contribution is 0.140. The van der Waals surface area contributed by atoms with E-state index in [0.29, 0.717) is 19.5 Å². The molecular formula is C6H9FO2. The minimum atomic E-state index is 0.276. The average molecular weight is 132 g/mol. The van der Waals surface area contributed by atoms with Gasteiger partial charge in [-0.05, 0) is 6.08 Å². The minimum absolute atomic E-state index is 0.276. The fourth-order valence-corrected chi connectivity index (χ4v) is 0.468. The fourth-order valence-electron chi connectivity index (χ4n) is 0.468. The normalized spacial score (nSPS) is 25.2. The minimum Gasteiger partial charge on any atom is -0.375 e. The monoisotopic (exact) mass is 132 g/mol. The Hall–Kier alpha value is -0.410. The van der Waals surface area contributed by atoms with Crippen LogP contribution >= 0.6 is 0 Å². The Morgan fingerprint density at radius 3 is 3.11 bits per heavy atom. The summed E-state index contributed by atoms with van der Waals surface area (Å²) in [5.74, 6) is 0. The summed E-state index contributed by atoms with van der Waals surface area (Å²) in [5.41, 5.74) is 0. The lowest BCUT2D eigenvalue weighted by Crippen LogP contribution is -2.00. The fraction of sp³-hybridized carbons (Fsp3) is 0.667. The number of ether oxygens (including phenoxy) is 2. The Morgan fingerprint density at radius 2 is 2.56 bits per heavy atom. The first kappa shape index (κ1) is 6.71. The Bertz CT molecular complexity index is 99.2. The topological polar surface area (TPSA) is 21.8 Å². The standard InChI is InChI=1S/C6H9FO2/c7-2-1-3-8-4-6-5-9-6/h1-2,6H,3-5H2. The van der Waals surface area contributed by atoms with Gasteiger partial charge in [0.25, 0.3) is 0 Å². The lowest BCUT2D eigenvalue weighted by Gasteiger charge is -1.93. The average Bonchev–Trinajstić information content (AvgIpc) is 2.63. The molecule has 3 heteroatoms. The highest BCUT2D eigenvalue weighted by atomic mass is 19.1. The van der Waals surface area contributed by atoms with Crippen LogP contribution in [-0.2, 0) is 9.47 Å². The number of halogens is 1. The molecule has 52 valence electrons. The maximum absolute atomic E-state index is 11.2. The van der Waals surface area contributed by atoms with E-state index in [1.54, 1.807) is 0 Å². The molecule has 0 aliphatic carbocycles. The summed E-state index contributed by atoms with van der Waals surface area (Å²) >= 11 is 0. The Morgan fingerprint density at radius 1 is 1.78 bits per heavy atom. The molecule has 1 aliphatic heterocycles. The highest BCUT2D eigenvalue weighted by molar-refractivity contribution is 4.73. The van der Waals surface area contributed by atoms with Crippen LogP contribution in [-0.4, -0.2) is 25.9 Å². The third-order valence-corrected chi connectivity index (χ3v) is 1.01. The van der Waals surface area contributed by atoms with Gasteiger partial charge in [-0.2, -0.15) is 0 Å². The Kier molecular flexibility index (Phi) is 2.67. The molecule has 9 heavy (non-hydrogen) atoms. The largest absolute Gasteiger partial charge is 0.375 e. The molecular weight excluding hydrogens is 123 g/mol. The zero-order valence-electron chi connectivity index (χ0n) is 5.05. The second-order valence-corrected chi connectivity index (χ2v) is 1.85. The van der Waals surface area contributed by atoms with Crippen LogP contribution in [0, 0.1) is 0 Å². The highest BCUT2D eigenvalue weighted by Crippen LogP contribution is 2.07. The molecule has 0 saturated carbocycles. The molecule has 1 unspecified atom stereocenters. The van der Waals surface area contributed by atoms with Crippen molar-refractivity contribution < 1.29 is 13.9 Å². The second-order valence-electron chi connectivity index (χ2n) is 1.85. The molecule has 1 fully saturated rings. The Balaban J connectivity index is 1.81. The predicted molar refractivity (Wildman–Crippen MR) is 30.8 cm³/mol. The van der Waals surface area contributed by atoms with Gasteiger partial charge < -0.3 is 9.47 Å². The first-order chi connectivity index (χ1) is 4.43. The molecule has 1 aliphatic rings. The predicted octanol–water partition coefficient (Wildman–Crippen LogP) is 0.885. The van der Waals surface area contributed by atoms with Gasteiger partial charge in [-0.15, -0.1) is 0 Å². The van der Waals surface area contributed by atoms with E-state index in [4.69, 9.17) is 9.47 Å².